The molecule has 0 amide bonds. The summed E-state index contributed by atoms with van der Waals surface area (Å²) < 4.78 is 18.5. The number of aliphatic hydroxyl groups is 4. The van der Waals surface area contributed by atoms with Crippen LogP contribution in [-0.2, 0) is 14.2 Å². The fourth-order valence-corrected chi connectivity index (χ4v) is 5.08. The van der Waals surface area contributed by atoms with Gasteiger partial charge in [-0.05, 0) is 37.2 Å². The molecular weight excluding hydrogens is 376 g/mol. The second-order valence-corrected chi connectivity index (χ2v) is 9.08. The number of hydrogen-bond donors (Lipinski definition) is 4. The van der Waals surface area contributed by atoms with Gasteiger partial charge in [0, 0.05) is 32.0 Å². The molecule has 3 aliphatic heterocycles. The van der Waals surface area contributed by atoms with E-state index in [-0.39, 0.29) is 43.5 Å². The maximum Gasteiger partial charge on any atom is 0.0894 e. The van der Waals surface area contributed by atoms with E-state index in [0.717, 1.165) is 18.4 Å². The zero-order chi connectivity index (χ0) is 21.1. The fraction of sp³-hybridized carbons (Fsp3) is 0.909. The van der Waals surface area contributed by atoms with Crippen molar-refractivity contribution in [2.45, 2.75) is 101 Å². The minimum Gasteiger partial charge on any atom is -0.396 e. The largest absolute Gasteiger partial charge is 0.396 e. The van der Waals surface area contributed by atoms with Crippen molar-refractivity contribution in [3.63, 3.8) is 0 Å². The number of hydrogen-bond acceptors (Lipinski definition) is 7. The van der Waals surface area contributed by atoms with Crippen LogP contribution in [0.4, 0.5) is 0 Å². The molecule has 0 radical (unpaired) electrons. The molecule has 3 aliphatic rings. The summed E-state index contributed by atoms with van der Waals surface area (Å²) in [6.45, 7) is 8.44. The van der Waals surface area contributed by atoms with Gasteiger partial charge in [-0.15, -0.1) is 0 Å². The summed E-state index contributed by atoms with van der Waals surface area (Å²) in [5, 5.41) is 39.6. The maximum atomic E-state index is 10.9. The number of ether oxygens (including phenoxy) is 3. The minimum absolute atomic E-state index is 0.0453. The van der Waals surface area contributed by atoms with Crippen LogP contribution in [0.5, 0.6) is 0 Å². The molecular formula is C22H38O7. The van der Waals surface area contributed by atoms with Gasteiger partial charge < -0.3 is 34.6 Å². The second-order valence-electron chi connectivity index (χ2n) is 9.08. The lowest BCUT2D eigenvalue weighted by Gasteiger charge is -2.50. The van der Waals surface area contributed by atoms with Crippen molar-refractivity contribution >= 4 is 0 Å². The third kappa shape index (κ3) is 5.21. The van der Waals surface area contributed by atoms with Crippen LogP contribution in [0.3, 0.4) is 0 Å². The Kier molecular flexibility index (Phi) is 8.12. The maximum absolute atomic E-state index is 10.9. The lowest BCUT2D eigenvalue weighted by molar-refractivity contribution is -0.269. The molecule has 29 heavy (non-hydrogen) atoms. The predicted molar refractivity (Wildman–Crippen MR) is 107 cm³/mol. The topological polar surface area (TPSA) is 109 Å². The first-order chi connectivity index (χ1) is 13.8. The molecule has 3 heterocycles. The van der Waals surface area contributed by atoms with E-state index in [4.69, 9.17) is 19.3 Å². The third-order valence-corrected chi connectivity index (χ3v) is 6.95. The van der Waals surface area contributed by atoms with Crippen LogP contribution in [-0.4, -0.2) is 82.5 Å². The van der Waals surface area contributed by atoms with Crippen molar-refractivity contribution < 1.29 is 34.6 Å². The van der Waals surface area contributed by atoms with Gasteiger partial charge in [0.15, 0.2) is 0 Å². The SMILES string of the molecule is C=C1C(C[C@@H]2O[C@H]3C[C@@H](O)[C@@H](CCO)O[C@H]3[C@H](C)[C@H]2O)O[C@@H](CCCO)C[C@H]1C. The van der Waals surface area contributed by atoms with Crippen LogP contribution < -0.4 is 0 Å². The quantitative estimate of drug-likeness (QED) is 0.463. The smallest absolute Gasteiger partial charge is 0.0894 e. The van der Waals surface area contributed by atoms with Gasteiger partial charge in [0.25, 0.3) is 0 Å². The summed E-state index contributed by atoms with van der Waals surface area (Å²) in [6, 6.07) is 0. The molecule has 0 aromatic heterocycles. The van der Waals surface area contributed by atoms with Crippen molar-refractivity contribution in [1.29, 1.82) is 0 Å². The zero-order valence-electron chi connectivity index (χ0n) is 17.7. The van der Waals surface area contributed by atoms with Crippen molar-refractivity contribution in [3.05, 3.63) is 12.2 Å². The Hall–Kier alpha value is -0.540. The molecule has 3 saturated heterocycles. The second kappa shape index (κ2) is 10.2. The zero-order valence-corrected chi connectivity index (χ0v) is 17.7. The first-order valence-corrected chi connectivity index (χ1v) is 11.1. The van der Waals surface area contributed by atoms with Crippen LogP contribution in [0, 0.1) is 11.8 Å². The normalized spacial score (nSPS) is 45.8. The average molecular weight is 415 g/mol. The molecule has 7 heteroatoms. The molecule has 3 fully saturated rings. The highest BCUT2D eigenvalue weighted by molar-refractivity contribution is 5.11. The van der Waals surface area contributed by atoms with E-state index < -0.39 is 24.4 Å². The molecule has 0 aliphatic carbocycles. The van der Waals surface area contributed by atoms with Crippen LogP contribution in [0.1, 0.15) is 52.4 Å². The summed E-state index contributed by atoms with van der Waals surface area (Å²) in [5.41, 5.74) is 1.03. The summed E-state index contributed by atoms with van der Waals surface area (Å²) in [6.07, 6.45) is 0.825. The Morgan fingerprint density at radius 2 is 1.72 bits per heavy atom. The molecule has 168 valence electrons. The molecule has 3 rings (SSSR count). The van der Waals surface area contributed by atoms with Gasteiger partial charge in [0.1, 0.15) is 0 Å². The van der Waals surface area contributed by atoms with Crippen molar-refractivity contribution in [2.75, 3.05) is 13.2 Å². The average Bonchev–Trinajstić information content (AvgIpc) is 2.69. The van der Waals surface area contributed by atoms with Crippen molar-refractivity contribution in [2.24, 2.45) is 11.8 Å². The first kappa shape index (κ1) is 23.1. The van der Waals surface area contributed by atoms with Crippen LogP contribution >= 0.6 is 0 Å². The van der Waals surface area contributed by atoms with E-state index in [1.807, 2.05) is 6.92 Å². The predicted octanol–water partition coefficient (Wildman–Crippen LogP) is 1.16. The van der Waals surface area contributed by atoms with Crippen molar-refractivity contribution in [1.82, 2.24) is 0 Å². The van der Waals surface area contributed by atoms with Gasteiger partial charge in [-0.2, -0.15) is 0 Å². The number of rotatable bonds is 7. The van der Waals surface area contributed by atoms with Crippen LogP contribution in [0.25, 0.3) is 0 Å². The Labute approximate surface area is 173 Å². The molecule has 1 unspecified atom stereocenters. The van der Waals surface area contributed by atoms with E-state index in [9.17, 15) is 15.3 Å². The molecule has 0 aromatic rings. The lowest BCUT2D eigenvalue weighted by Crippen LogP contribution is -2.60. The third-order valence-electron chi connectivity index (χ3n) is 6.95. The highest BCUT2D eigenvalue weighted by atomic mass is 16.6. The van der Waals surface area contributed by atoms with E-state index in [2.05, 4.69) is 13.5 Å². The van der Waals surface area contributed by atoms with E-state index in [1.54, 1.807) is 0 Å². The van der Waals surface area contributed by atoms with Gasteiger partial charge in [-0.1, -0.05) is 20.4 Å². The highest BCUT2D eigenvalue weighted by Gasteiger charge is 2.49. The summed E-state index contributed by atoms with van der Waals surface area (Å²) in [7, 11) is 0. The van der Waals surface area contributed by atoms with Crippen molar-refractivity contribution in [3.8, 4) is 0 Å². The Balaban J connectivity index is 1.64. The van der Waals surface area contributed by atoms with E-state index >= 15 is 0 Å². The van der Waals surface area contributed by atoms with Gasteiger partial charge in [-0.3, -0.25) is 0 Å². The molecule has 0 spiro atoms. The lowest BCUT2D eigenvalue weighted by atomic mass is 9.79. The molecule has 0 aromatic carbocycles. The Morgan fingerprint density at radius 1 is 0.966 bits per heavy atom. The first-order valence-electron chi connectivity index (χ1n) is 11.1. The molecule has 0 saturated carbocycles. The minimum atomic E-state index is -0.703. The molecule has 7 nitrogen and oxygen atoms in total. The van der Waals surface area contributed by atoms with Crippen LogP contribution in [0.2, 0.25) is 0 Å². The number of fused-ring (bicyclic) bond motifs is 1. The fourth-order valence-electron chi connectivity index (χ4n) is 5.08. The summed E-state index contributed by atoms with van der Waals surface area (Å²) in [4.78, 5) is 0. The monoisotopic (exact) mass is 414 g/mol. The molecule has 10 atom stereocenters. The summed E-state index contributed by atoms with van der Waals surface area (Å²) in [5.74, 6) is 0.175. The Bertz CT molecular complexity index is 541. The van der Waals surface area contributed by atoms with E-state index in [1.165, 1.54) is 0 Å². The number of aliphatic hydroxyl groups excluding tert-OH is 4. The summed E-state index contributed by atoms with van der Waals surface area (Å²) >= 11 is 0. The van der Waals surface area contributed by atoms with E-state index in [0.29, 0.717) is 31.6 Å². The van der Waals surface area contributed by atoms with Gasteiger partial charge in [0.2, 0.25) is 0 Å². The molecule has 0 bridgehead atoms. The van der Waals surface area contributed by atoms with Gasteiger partial charge in [0.05, 0.1) is 48.8 Å². The highest BCUT2D eigenvalue weighted by Crippen LogP contribution is 2.40. The van der Waals surface area contributed by atoms with Crippen LogP contribution in [0.15, 0.2) is 12.2 Å². The molecule has 4 N–H and O–H groups in total. The Morgan fingerprint density at radius 3 is 2.41 bits per heavy atom. The van der Waals surface area contributed by atoms with Gasteiger partial charge >= 0.3 is 0 Å². The standard InChI is InChI=1S/C22H38O7/c1-12-9-15(5-4-7-23)27-18(13(12)2)11-19-21(26)14(3)22-20(28-19)10-16(25)17(29-22)6-8-24/h12,14-26H,2,4-11H2,1,3H3/t12-,14-,15+,16-,17-,18?,19+,20+,21-,22+/m1/s1. The van der Waals surface area contributed by atoms with Gasteiger partial charge in [-0.25, -0.2) is 0 Å².